The maximum absolute atomic E-state index is 10.7. The van der Waals surface area contributed by atoms with Gasteiger partial charge in [0.05, 0.1) is 5.60 Å². The maximum Gasteiger partial charge on any atom is 0.0885 e. The average molecular weight is 233 g/mol. The van der Waals surface area contributed by atoms with Crippen molar-refractivity contribution < 1.29 is 5.11 Å². The second-order valence-corrected chi connectivity index (χ2v) is 5.44. The number of aliphatic hydroxyl groups is 1. The van der Waals surface area contributed by atoms with E-state index < -0.39 is 5.60 Å². The van der Waals surface area contributed by atoms with E-state index in [1.165, 1.54) is 24.8 Å². The first kappa shape index (κ1) is 12.6. The fourth-order valence-electron chi connectivity index (χ4n) is 2.87. The second-order valence-electron chi connectivity index (χ2n) is 5.44. The summed E-state index contributed by atoms with van der Waals surface area (Å²) < 4.78 is 0. The number of rotatable bonds is 3. The SMILES string of the molecule is Cc1ccccc1C(C)(O)CC1CCCCN1. The smallest absolute Gasteiger partial charge is 0.0885 e. The van der Waals surface area contributed by atoms with E-state index in [1.54, 1.807) is 0 Å². The molecule has 1 heterocycles. The zero-order chi connectivity index (χ0) is 12.3. The van der Waals surface area contributed by atoms with E-state index in [0.29, 0.717) is 6.04 Å². The van der Waals surface area contributed by atoms with E-state index >= 15 is 0 Å². The van der Waals surface area contributed by atoms with Crippen molar-refractivity contribution in [1.82, 2.24) is 5.32 Å². The first-order chi connectivity index (χ1) is 8.09. The largest absolute Gasteiger partial charge is 0.385 e. The standard InChI is InChI=1S/C15H23NO/c1-12-7-3-4-9-14(12)15(2,17)11-13-8-5-6-10-16-13/h3-4,7,9,13,16-17H,5-6,8,10-11H2,1-2H3. The van der Waals surface area contributed by atoms with Gasteiger partial charge in [-0.05, 0) is 50.8 Å². The minimum absolute atomic E-state index is 0.457. The lowest BCUT2D eigenvalue weighted by atomic mass is 9.84. The molecule has 2 N–H and O–H groups in total. The van der Waals surface area contributed by atoms with Crippen LogP contribution in [-0.2, 0) is 5.60 Å². The zero-order valence-corrected chi connectivity index (χ0v) is 10.9. The molecule has 1 aliphatic heterocycles. The molecule has 2 unspecified atom stereocenters. The summed E-state index contributed by atoms with van der Waals surface area (Å²) in [6.07, 6.45) is 4.53. The first-order valence-corrected chi connectivity index (χ1v) is 6.61. The Bertz CT molecular complexity index is 367. The number of nitrogens with one attached hydrogen (secondary N) is 1. The highest BCUT2D eigenvalue weighted by Gasteiger charge is 2.29. The average Bonchev–Trinajstić information content (AvgIpc) is 2.30. The van der Waals surface area contributed by atoms with Gasteiger partial charge in [-0.2, -0.15) is 0 Å². The molecule has 94 valence electrons. The molecule has 0 saturated carbocycles. The Kier molecular flexibility index (Phi) is 3.85. The van der Waals surface area contributed by atoms with Gasteiger partial charge in [0.15, 0.2) is 0 Å². The molecular weight excluding hydrogens is 210 g/mol. The Morgan fingerprint density at radius 2 is 2.12 bits per heavy atom. The van der Waals surface area contributed by atoms with Crippen molar-refractivity contribution in [1.29, 1.82) is 0 Å². The van der Waals surface area contributed by atoms with Gasteiger partial charge in [-0.3, -0.25) is 0 Å². The van der Waals surface area contributed by atoms with Crippen LogP contribution in [0.4, 0.5) is 0 Å². The molecule has 2 rings (SSSR count). The molecule has 1 aliphatic rings. The van der Waals surface area contributed by atoms with E-state index in [9.17, 15) is 5.11 Å². The van der Waals surface area contributed by atoms with Crippen LogP contribution in [0.15, 0.2) is 24.3 Å². The number of aryl methyl sites for hydroxylation is 1. The zero-order valence-electron chi connectivity index (χ0n) is 10.9. The monoisotopic (exact) mass is 233 g/mol. The van der Waals surface area contributed by atoms with Gasteiger partial charge >= 0.3 is 0 Å². The molecule has 2 nitrogen and oxygen atoms in total. The minimum Gasteiger partial charge on any atom is -0.385 e. The number of hydrogen-bond acceptors (Lipinski definition) is 2. The summed E-state index contributed by atoms with van der Waals surface area (Å²) in [4.78, 5) is 0. The van der Waals surface area contributed by atoms with Gasteiger partial charge in [-0.1, -0.05) is 30.7 Å². The van der Waals surface area contributed by atoms with Crippen LogP contribution in [0.25, 0.3) is 0 Å². The highest BCUT2D eigenvalue weighted by Crippen LogP contribution is 2.30. The van der Waals surface area contributed by atoms with Crippen LogP contribution in [0.3, 0.4) is 0 Å². The minimum atomic E-state index is -0.722. The number of piperidine rings is 1. The third-order valence-electron chi connectivity index (χ3n) is 3.78. The topological polar surface area (TPSA) is 32.3 Å². The third-order valence-corrected chi connectivity index (χ3v) is 3.78. The molecule has 2 heteroatoms. The maximum atomic E-state index is 10.7. The molecule has 0 aromatic heterocycles. The number of benzene rings is 1. The van der Waals surface area contributed by atoms with E-state index in [1.807, 2.05) is 25.1 Å². The molecule has 0 radical (unpaired) electrons. The van der Waals surface area contributed by atoms with Gasteiger partial charge in [0.25, 0.3) is 0 Å². The molecule has 0 spiro atoms. The fraction of sp³-hybridized carbons (Fsp3) is 0.600. The van der Waals surface area contributed by atoms with Crippen LogP contribution in [0.2, 0.25) is 0 Å². The highest BCUT2D eigenvalue weighted by atomic mass is 16.3. The predicted octanol–water partition coefficient (Wildman–Crippen LogP) is 2.73. The van der Waals surface area contributed by atoms with Gasteiger partial charge in [0, 0.05) is 6.04 Å². The van der Waals surface area contributed by atoms with Gasteiger partial charge in [-0.15, -0.1) is 0 Å². The summed E-state index contributed by atoms with van der Waals surface area (Å²) in [6, 6.07) is 8.59. The Morgan fingerprint density at radius 3 is 2.76 bits per heavy atom. The van der Waals surface area contributed by atoms with Gasteiger partial charge in [0.1, 0.15) is 0 Å². The predicted molar refractivity (Wildman–Crippen MR) is 71.0 cm³/mol. The Morgan fingerprint density at radius 1 is 1.35 bits per heavy atom. The van der Waals surface area contributed by atoms with Crippen LogP contribution in [0.5, 0.6) is 0 Å². The molecule has 1 aromatic carbocycles. The second kappa shape index (κ2) is 5.19. The Hall–Kier alpha value is -0.860. The van der Waals surface area contributed by atoms with Crippen molar-refractivity contribution >= 4 is 0 Å². The lowest BCUT2D eigenvalue weighted by Crippen LogP contribution is -2.40. The fourth-order valence-corrected chi connectivity index (χ4v) is 2.87. The van der Waals surface area contributed by atoms with Crippen molar-refractivity contribution in [3.05, 3.63) is 35.4 Å². The highest BCUT2D eigenvalue weighted by molar-refractivity contribution is 5.30. The summed E-state index contributed by atoms with van der Waals surface area (Å²) in [6.45, 7) is 5.10. The van der Waals surface area contributed by atoms with Crippen LogP contribution in [0, 0.1) is 6.92 Å². The summed E-state index contributed by atoms with van der Waals surface area (Å²) in [5.74, 6) is 0. The van der Waals surface area contributed by atoms with E-state index in [4.69, 9.17) is 0 Å². The van der Waals surface area contributed by atoms with Crippen molar-refractivity contribution in [3.8, 4) is 0 Å². The van der Waals surface area contributed by atoms with Crippen molar-refractivity contribution in [2.24, 2.45) is 0 Å². The van der Waals surface area contributed by atoms with Crippen LogP contribution < -0.4 is 5.32 Å². The molecule has 1 aromatic rings. The summed E-state index contributed by atoms with van der Waals surface area (Å²) >= 11 is 0. The molecule has 0 amide bonds. The lowest BCUT2D eigenvalue weighted by molar-refractivity contribution is 0.0326. The molecule has 17 heavy (non-hydrogen) atoms. The first-order valence-electron chi connectivity index (χ1n) is 6.61. The quantitative estimate of drug-likeness (QED) is 0.841. The van der Waals surface area contributed by atoms with Gasteiger partial charge in [-0.25, -0.2) is 0 Å². The van der Waals surface area contributed by atoms with E-state index in [-0.39, 0.29) is 0 Å². The van der Waals surface area contributed by atoms with Gasteiger partial charge in [0.2, 0.25) is 0 Å². The molecule has 0 bridgehead atoms. The molecular formula is C15H23NO. The van der Waals surface area contributed by atoms with Crippen LogP contribution >= 0.6 is 0 Å². The normalized spacial score (nSPS) is 24.3. The van der Waals surface area contributed by atoms with Crippen LogP contribution in [0.1, 0.15) is 43.7 Å². The van der Waals surface area contributed by atoms with E-state index in [2.05, 4.69) is 18.3 Å². The Balaban J connectivity index is 2.10. The molecule has 0 aliphatic carbocycles. The molecule has 1 fully saturated rings. The van der Waals surface area contributed by atoms with Crippen molar-refractivity contribution in [2.75, 3.05) is 6.54 Å². The van der Waals surface area contributed by atoms with Crippen LogP contribution in [-0.4, -0.2) is 17.7 Å². The van der Waals surface area contributed by atoms with Crippen molar-refractivity contribution in [3.63, 3.8) is 0 Å². The number of hydrogen-bond donors (Lipinski definition) is 2. The summed E-state index contributed by atoms with van der Waals surface area (Å²) in [7, 11) is 0. The third kappa shape index (κ3) is 3.08. The van der Waals surface area contributed by atoms with E-state index in [0.717, 1.165) is 18.5 Å². The lowest BCUT2D eigenvalue weighted by Gasteiger charge is -2.32. The Labute approximate surface area is 104 Å². The van der Waals surface area contributed by atoms with Crippen molar-refractivity contribution in [2.45, 2.75) is 51.2 Å². The summed E-state index contributed by atoms with van der Waals surface area (Å²) in [5.41, 5.74) is 1.51. The summed E-state index contributed by atoms with van der Waals surface area (Å²) in [5, 5.41) is 14.2. The molecule has 1 saturated heterocycles. The van der Waals surface area contributed by atoms with Gasteiger partial charge < -0.3 is 10.4 Å². The molecule has 2 atom stereocenters.